The first kappa shape index (κ1) is 20.2. The van der Waals surface area contributed by atoms with E-state index < -0.39 is 0 Å². The van der Waals surface area contributed by atoms with Crippen molar-refractivity contribution in [1.29, 1.82) is 0 Å². The van der Waals surface area contributed by atoms with E-state index in [1.54, 1.807) is 42.6 Å². The van der Waals surface area contributed by atoms with Gasteiger partial charge in [0.1, 0.15) is 11.6 Å². The van der Waals surface area contributed by atoms with Gasteiger partial charge < -0.3 is 10.6 Å². The number of anilines is 2. The molecule has 0 aliphatic carbocycles. The van der Waals surface area contributed by atoms with Crippen molar-refractivity contribution in [3.8, 4) is 11.4 Å². The molecular weight excluding hydrogens is 391 g/mol. The zero-order valence-electron chi connectivity index (χ0n) is 17.0. The first-order valence-corrected chi connectivity index (χ1v) is 9.87. The minimum atomic E-state index is -0.344. The SMILES string of the molecule is Cc1ccccc1CNC(=O)c1cccc(Nc2ccnc(-c3cccc(F)c3)n2)c1. The van der Waals surface area contributed by atoms with Crippen molar-refractivity contribution in [2.45, 2.75) is 13.5 Å². The summed E-state index contributed by atoms with van der Waals surface area (Å²) in [5, 5.41) is 6.14. The highest BCUT2D eigenvalue weighted by Crippen LogP contribution is 2.20. The lowest BCUT2D eigenvalue weighted by molar-refractivity contribution is 0.0951. The predicted octanol–water partition coefficient (Wildman–Crippen LogP) is 5.26. The van der Waals surface area contributed by atoms with Gasteiger partial charge in [-0.15, -0.1) is 0 Å². The van der Waals surface area contributed by atoms with Crippen LogP contribution in [0.3, 0.4) is 0 Å². The van der Waals surface area contributed by atoms with Crippen LogP contribution in [0.5, 0.6) is 0 Å². The Morgan fingerprint density at radius 3 is 2.65 bits per heavy atom. The molecule has 0 atom stereocenters. The zero-order valence-corrected chi connectivity index (χ0v) is 17.0. The Morgan fingerprint density at radius 2 is 1.81 bits per heavy atom. The normalized spacial score (nSPS) is 10.5. The Labute approximate surface area is 180 Å². The largest absolute Gasteiger partial charge is 0.348 e. The molecule has 1 aromatic heterocycles. The van der Waals surface area contributed by atoms with Crippen LogP contribution in [0.2, 0.25) is 0 Å². The Kier molecular flexibility index (Phi) is 5.98. The molecule has 0 aliphatic rings. The number of rotatable bonds is 6. The Bertz CT molecular complexity index is 1230. The first-order valence-electron chi connectivity index (χ1n) is 9.87. The van der Waals surface area contributed by atoms with Crippen molar-refractivity contribution in [2.75, 3.05) is 5.32 Å². The molecule has 4 rings (SSSR count). The minimum absolute atomic E-state index is 0.157. The molecule has 0 bridgehead atoms. The molecule has 3 aromatic carbocycles. The van der Waals surface area contributed by atoms with E-state index in [2.05, 4.69) is 20.6 Å². The lowest BCUT2D eigenvalue weighted by Gasteiger charge is -2.10. The maximum Gasteiger partial charge on any atom is 0.251 e. The molecule has 5 nitrogen and oxygen atoms in total. The first-order chi connectivity index (χ1) is 15.1. The Balaban J connectivity index is 1.47. The van der Waals surface area contributed by atoms with E-state index in [0.717, 1.165) is 11.1 Å². The summed E-state index contributed by atoms with van der Waals surface area (Å²) < 4.78 is 13.5. The molecule has 154 valence electrons. The predicted molar refractivity (Wildman–Crippen MR) is 119 cm³/mol. The van der Waals surface area contributed by atoms with Gasteiger partial charge in [-0.3, -0.25) is 4.79 Å². The van der Waals surface area contributed by atoms with Crippen LogP contribution in [0.4, 0.5) is 15.9 Å². The second kappa shape index (κ2) is 9.17. The third kappa shape index (κ3) is 5.11. The highest BCUT2D eigenvalue weighted by molar-refractivity contribution is 5.95. The monoisotopic (exact) mass is 412 g/mol. The van der Waals surface area contributed by atoms with Gasteiger partial charge in [0, 0.05) is 29.6 Å². The van der Waals surface area contributed by atoms with E-state index in [9.17, 15) is 9.18 Å². The summed E-state index contributed by atoms with van der Waals surface area (Å²) in [7, 11) is 0. The van der Waals surface area contributed by atoms with Gasteiger partial charge in [-0.25, -0.2) is 14.4 Å². The van der Waals surface area contributed by atoms with Crippen molar-refractivity contribution in [3.63, 3.8) is 0 Å². The van der Waals surface area contributed by atoms with E-state index in [-0.39, 0.29) is 11.7 Å². The topological polar surface area (TPSA) is 66.9 Å². The molecule has 0 fully saturated rings. The van der Waals surface area contributed by atoms with E-state index >= 15 is 0 Å². The molecule has 2 N–H and O–H groups in total. The van der Waals surface area contributed by atoms with Gasteiger partial charge in [0.2, 0.25) is 0 Å². The fourth-order valence-electron chi connectivity index (χ4n) is 3.17. The fraction of sp³-hybridized carbons (Fsp3) is 0.0800. The summed E-state index contributed by atoms with van der Waals surface area (Å²) >= 11 is 0. The molecule has 0 unspecified atom stereocenters. The number of amides is 1. The third-order valence-electron chi connectivity index (χ3n) is 4.84. The number of nitrogens with one attached hydrogen (secondary N) is 2. The van der Waals surface area contributed by atoms with E-state index in [1.807, 2.05) is 37.3 Å². The van der Waals surface area contributed by atoms with Gasteiger partial charge in [0.25, 0.3) is 5.91 Å². The van der Waals surface area contributed by atoms with Gasteiger partial charge in [-0.05, 0) is 54.4 Å². The van der Waals surface area contributed by atoms with Gasteiger partial charge in [-0.2, -0.15) is 0 Å². The molecule has 1 heterocycles. The quantitative estimate of drug-likeness (QED) is 0.453. The second-order valence-electron chi connectivity index (χ2n) is 7.09. The number of carbonyl (C=O) groups excluding carboxylic acids is 1. The number of halogens is 1. The second-order valence-corrected chi connectivity index (χ2v) is 7.09. The maximum atomic E-state index is 13.5. The van der Waals surface area contributed by atoms with Crippen LogP contribution in [-0.2, 0) is 6.54 Å². The number of aromatic nitrogens is 2. The highest BCUT2D eigenvalue weighted by atomic mass is 19.1. The average Bonchev–Trinajstić information content (AvgIpc) is 2.79. The van der Waals surface area contributed by atoms with Crippen LogP contribution in [-0.4, -0.2) is 15.9 Å². The van der Waals surface area contributed by atoms with Crippen LogP contribution in [0.25, 0.3) is 11.4 Å². The smallest absolute Gasteiger partial charge is 0.251 e. The molecule has 0 radical (unpaired) electrons. The van der Waals surface area contributed by atoms with Gasteiger partial charge in [0.05, 0.1) is 0 Å². The molecule has 31 heavy (non-hydrogen) atoms. The number of carbonyl (C=O) groups is 1. The summed E-state index contributed by atoms with van der Waals surface area (Å²) in [4.78, 5) is 21.3. The van der Waals surface area contributed by atoms with Crippen LogP contribution in [0.1, 0.15) is 21.5 Å². The van der Waals surface area contributed by atoms with E-state index in [4.69, 9.17) is 0 Å². The molecule has 0 saturated carbocycles. The summed E-state index contributed by atoms with van der Waals surface area (Å²) in [5.41, 5.74) is 4.06. The van der Waals surface area contributed by atoms with Crippen molar-refractivity contribution < 1.29 is 9.18 Å². The summed E-state index contributed by atoms with van der Waals surface area (Å²) in [6, 6.07) is 23.0. The molecule has 0 spiro atoms. The molecule has 6 heteroatoms. The summed E-state index contributed by atoms with van der Waals surface area (Å²) in [5.74, 6) is 0.460. The number of hydrogen-bond acceptors (Lipinski definition) is 4. The van der Waals surface area contributed by atoms with Crippen LogP contribution in [0, 0.1) is 12.7 Å². The molecule has 0 aliphatic heterocycles. The number of hydrogen-bond donors (Lipinski definition) is 2. The fourth-order valence-corrected chi connectivity index (χ4v) is 3.17. The molecule has 4 aromatic rings. The average molecular weight is 412 g/mol. The minimum Gasteiger partial charge on any atom is -0.348 e. The lowest BCUT2D eigenvalue weighted by atomic mass is 10.1. The van der Waals surface area contributed by atoms with Gasteiger partial charge in [-0.1, -0.05) is 42.5 Å². The van der Waals surface area contributed by atoms with Crippen molar-refractivity contribution in [1.82, 2.24) is 15.3 Å². The molecule has 1 amide bonds. The maximum absolute atomic E-state index is 13.5. The summed E-state index contributed by atoms with van der Waals surface area (Å²) in [6.45, 7) is 2.48. The standard InChI is InChI=1S/C25H21FN4O/c1-17-6-2-3-7-20(17)16-28-25(31)19-9-5-11-22(15-19)29-23-12-13-27-24(30-23)18-8-4-10-21(26)14-18/h2-15H,16H2,1H3,(H,28,31)(H,27,29,30). The lowest BCUT2D eigenvalue weighted by Crippen LogP contribution is -2.23. The van der Waals surface area contributed by atoms with Crippen LogP contribution >= 0.6 is 0 Å². The van der Waals surface area contributed by atoms with E-state index in [0.29, 0.717) is 35.0 Å². The Morgan fingerprint density at radius 1 is 0.968 bits per heavy atom. The zero-order chi connectivity index (χ0) is 21.6. The Hall–Kier alpha value is -4.06. The molecule has 0 saturated heterocycles. The van der Waals surface area contributed by atoms with Crippen molar-refractivity contribution >= 4 is 17.4 Å². The number of nitrogens with zero attached hydrogens (tertiary/aromatic N) is 2. The van der Waals surface area contributed by atoms with E-state index in [1.165, 1.54) is 12.1 Å². The third-order valence-corrected chi connectivity index (χ3v) is 4.84. The van der Waals surface area contributed by atoms with Crippen molar-refractivity contribution in [2.24, 2.45) is 0 Å². The van der Waals surface area contributed by atoms with Crippen LogP contribution in [0.15, 0.2) is 85.1 Å². The number of benzene rings is 3. The molecular formula is C25H21FN4O. The van der Waals surface area contributed by atoms with Gasteiger partial charge >= 0.3 is 0 Å². The summed E-state index contributed by atoms with van der Waals surface area (Å²) in [6.07, 6.45) is 1.61. The van der Waals surface area contributed by atoms with Crippen LogP contribution < -0.4 is 10.6 Å². The van der Waals surface area contributed by atoms with Crippen molar-refractivity contribution in [3.05, 3.63) is 108 Å². The van der Waals surface area contributed by atoms with Gasteiger partial charge in [0.15, 0.2) is 5.82 Å². The number of aryl methyl sites for hydroxylation is 1. The highest BCUT2D eigenvalue weighted by Gasteiger charge is 2.08.